The molecule has 0 aliphatic carbocycles. The molecule has 0 saturated carbocycles. The fourth-order valence-corrected chi connectivity index (χ4v) is 3.25. The first-order chi connectivity index (χ1) is 9.08. The highest BCUT2D eigenvalue weighted by molar-refractivity contribution is 9.10. The van der Waals surface area contributed by atoms with Crippen molar-refractivity contribution in [2.75, 3.05) is 31.7 Å². The van der Waals surface area contributed by atoms with Crippen molar-refractivity contribution in [1.82, 2.24) is 0 Å². The minimum Gasteiger partial charge on any atom is -0.381 e. The van der Waals surface area contributed by atoms with Gasteiger partial charge in [-0.05, 0) is 59.3 Å². The van der Waals surface area contributed by atoms with Gasteiger partial charge in [0.2, 0.25) is 0 Å². The van der Waals surface area contributed by atoms with Crippen LogP contribution in [0.5, 0.6) is 0 Å². The van der Waals surface area contributed by atoms with E-state index in [9.17, 15) is 0 Å². The summed E-state index contributed by atoms with van der Waals surface area (Å²) in [5, 5.41) is 0. The van der Waals surface area contributed by atoms with Gasteiger partial charge in [0, 0.05) is 30.7 Å². The molecule has 4 heteroatoms. The van der Waals surface area contributed by atoms with Crippen LogP contribution in [-0.2, 0) is 4.74 Å². The van der Waals surface area contributed by atoms with Crippen LogP contribution in [-0.4, -0.2) is 26.8 Å². The van der Waals surface area contributed by atoms with Gasteiger partial charge in [-0.2, -0.15) is 0 Å². The molecular formula is C15H23BrN2O. The first kappa shape index (κ1) is 14.8. The van der Waals surface area contributed by atoms with Crippen molar-refractivity contribution in [3.05, 3.63) is 28.2 Å². The summed E-state index contributed by atoms with van der Waals surface area (Å²) < 4.78 is 6.66. The molecule has 3 nitrogen and oxygen atoms in total. The van der Waals surface area contributed by atoms with Crippen LogP contribution in [0.2, 0.25) is 0 Å². The first-order valence-corrected chi connectivity index (χ1v) is 7.71. The number of nitrogens with two attached hydrogens (primary N) is 1. The van der Waals surface area contributed by atoms with Crippen LogP contribution in [0.25, 0.3) is 0 Å². The van der Waals surface area contributed by atoms with Crippen molar-refractivity contribution >= 4 is 21.6 Å². The molecule has 19 heavy (non-hydrogen) atoms. The van der Waals surface area contributed by atoms with Crippen LogP contribution in [0.15, 0.2) is 22.7 Å². The van der Waals surface area contributed by atoms with Crippen molar-refractivity contribution < 1.29 is 4.74 Å². The third kappa shape index (κ3) is 3.94. The molecule has 2 atom stereocenters. The summed E-state index contributed by atoms with van der Waals surface area (Å²) in [6, 6.07) is 6.45. The van der Waals surface area contributed by atoms with Gasteiger partial charge in [-0.1, -0.05) is 6.07 Å². The van der Waals surface area contributed by atoms with Gasteiger partial charge in [-0.3, -0.25) is 0 Å². The average molecular weight is 327 g/mol. The minimum atomic E-state index is 0.0717. The fourth-order valence-electron chi connectivity index (χ4n) is 2.55. The molecule has 1 aliphatic rings. The number of ether oxygens (including phenoxy) is 1. The zero-order chi connectivity index (χ0) is 13.8. The number of benzene rings is 1. The lowest BCUT2D eigenvalue weighted by atomic mass is 10.0. The van der Waals surface area contributed by atoms with Crippen molar-refractivity contribution in [1.29, 1.82) is 0 Å². The highest BCUT2D eigenvalue weighted by atomic mass is 79.9. The third-order valence-electron chi connectivity index (χ3n) is 3.70. The molecule has 0 radical (unpaired) electrons. The number of rotatable bonds is 4. The topological polar surface area (TPSA) is 38.5 Å². The second-order valence-corrected chi connectivity index (χ2v) is 6.32. The Hall–Kier alpha value is -0.580. The monoisotopic (exact) mass is 326 g/mol. The van der Waals surface area contributed by atoms with Gasteiger partial charge in [-0.25, -0.2) is 0 Å². The van der Waals surface area contributed by atoms with Crippen LogP contribution < -0.4 is 10.6 Å². The number of hydrogen-bond acceptors (Lipinski definition) is 3. The van der Waals surface area contributed by atoms with E-state index in [0.29, 0.717) is 5.92 Å². The van der Waals surface area contributed by atoms with E-state index in [1.807, 2.05) is 6.92 Å². The lowest BCUT2D eigenvalue weighted by Gasteiger charge is -2.29. The second kappa shape index (κ2) is 6.73. The molecule has 1 fully saturated rings. The Bertz CT molecular complexity index is 417. The summed E-state index contributed by atoms with van der Waals surface area (Å²) in [7, 11) is 2.14. The molecule has 1 saturated heterocycles. The highest BCUT2D eigenvalue weighted by Crippen LogP contribution is 2.29. The van der Waals surface area contributed by atoms with Crippen molar-refractivity contribution in [3.8, 4) is 0 Å². The van der Waals surface area contributed by atoms with Crippen molar-refractivity contribution in [2.45, 2.75) is 25.8 Å². The normalized spacial score (nSPS) is 21.2. The lowest BCUT2D eigenvalue weighted by Crippen LogP contribution is -2.31. The van der Waals surface area contributed by atoms with E-state index in [1.165, 1.54) is 18.5 Å². The molecule has 0 aromatic heterocycles. The molecular weight excluding hydrogens is 304 g/mol. The molecule has 1 aromatic carbocycles. The third-order valence-corrected chi connectivity index (χ3v) is 4.33. The molecule has 0 spiro atoms. The summed E-state index contributed by atoms with van der Waals surface area (Å²) in [6.07, 6.45) is 2.45. The number of hydrogen-bond donors (Lipinski definition) is 1. The van der Waals surface area contributed by atoms with E-state index in [2.05, 4.69) is 46.1 Å². The molecule has 1 aromatic rings. The van der Waals surface area contributed by atoms with Crippen LogP contribution in [0.4, 0.5) is 5.69 Å². The maximum absolute atomic E-state index is 5.91. The Morgan fingerprint density at radius 3 is 2.89 bits per heavy atom. The minimum absolute atomic E-state index is 0.0717. The molecule has 2 rings (SSSR count). The molecule has 0 amide bonds. The Balaban J connectivity index is 2.03. The molecule has 1 heterocycles. The van der Waals surface area contributed by atoms with Gasteiger partial charge in [0.15, 0.2) is 0 Å². The lowest BCUT2D eigenvalue weighted by molar-refractivity contribution is 0.0576. The second-order valence-electron chi connectivity index (χ2n) is 5.46. The summed E-state index contributed by atoms with van der Waals surface area (Å²) in [4.78, 5) is 2.30. The van der Waals surface area contributed by atoms with Gasteiger partial charge in [0.25, 0.3) is 0 Å². The Labute approximate surface area is 124 Å². The van der Waals surface area contributed by atoms with Gasteiger partial charge < -0.3 is 15.4 Å². The Morgan fingerprint density at radius 1 is 1.53 bits per heavy atom. The maximum Gasteiger partial charge on any atom is 0.0511 e. The fraction of sp³-hybridized carbons (Fsp3) is 0.600. The van der Waals surface area contributed by atoms with Gasteiger partial charge in [0.1, 0.15) is 0 Å². The molecule has 1 aliphatic heterocycles. The Morgan fingerprint density at radius 2 is 2.32 bits per heavy atom. The molecule has 1 unspecified atom stereocenters. The van der Waals surface area contributed by atoms with E-state index < -0.39 is 0 Å². The van der Waals surface area contributed by atoms with Gasteiger partial charge >= 0.3 is 0 Å². The highest BCUT2D eigenvalue weighted by Gasteiger charge is 2.17. The van der Waals surface area contributed by atoms with Crippen molar-refractivity contribution in [2.24, 2.45) is 11.7 Å². The predicted molar refractivity (Wildman–Crippen MR) is 83.6 cm³/mol. The molecule has 0 bridgehead atoms. The van der Waals surface area contributed by atoms with Crippen LogP contribution in [0, 0.1) is 5.92 Å². The smallest absolute Gasteiger partial charge is 0.0511 e. The van der Waals surface area contributed by atoms with E-state index in [0.717, 1.165) is 29.8 Å². The van der Waals surface area contributed by atoms with E-state index >= 15 is 0 Å². The van der Waals surface area contributed by atoms with Crippen LogP contribution in [0.3, 0.4) is 0 Å². The summed E-state index contributed by atoms with van der Waals surface area (Å²) in [5.41, 5.74) is 8.28. The summed E-state index contributed by atoms with van der Waals surface area (Å²) in [6.45, 7) is 4.85. The summed E-state index contributed by atoms with van der Waals surface area (Å²) >= 11 is 3.65. The average Bonchev–Trinajstić information content (AvgIpc) is 2.39. The van der Waals surface area contributed by atoms with Gasteiger partial charge in [0.05, 0.1) is 12.3 Å². The zero-order valence-electron chi connectivity index (χ0n) is 11.7. The van der Waals surface area contributed by atoms with Crippen molar-refractivity contribution in [3.63, 3.8) is 0 Å². The summed E-state index contributed by atoms with van der Waals surface area (Å²) in [5.74, 6) is 0.638. The van der Waals surface area contributed by atoms with E-state index in [1.54, 1.807) is 0 Å². The molecule has 106 valence electrons. The van der Waals surface area contributed by atoms with Gasteiger partial charge in [-0.15, -0.1) is 0 Å². The zero-order valence-corrected chi connectivity index (χ0v) is 13.3. The predicted octanol–water partition coefficient (Wildman–Crippen LogP) is 3.33. The SMILES string of the molecule is C[C@H](N)c1ccc(N(C)CC2CCCOC2)c(Br)c1. The van der Waals surface area contributed by atoms with Crippen LogP contribution >= 0.6 is 15.9 Å². The Kier molecular flexibility index (Phi) is 5.25. The number of halogens is 1. The van der Waals surface area contributed by atoms with E-state index in [4.69, 9.17) is 10.5 Å². The number of anilines is 1. The molecule has 2 N–H and O–H groups in total. The van der Waals surface area contributed by atoms with Crippen LogP contribution in [0.1, 0.15) is 31.4 Å². The van der Waals surface area contributed by atoms with E-state index in [-0.39, 0.29) is 6.04 Å². The quantitative estimate of drug-likeness (QED) is 0.922. The first-order valence-electron chi connectivity index (χ1n) is 6.92. The largest absolute Gasteiger partial charge is 0.381 e. The standard InChI is InChI=1S/C15H23BrN2O/c1-11(17)13-5-6-15(14(16)8-13)18(2)9-12-4-3-7-19-10-12/h5-6,8,11-12H,3-4,7,9-10,17H2,1-2H3/t11-,12?/m0/s1. The maximum atomic E-state index is 5.91. The number of nitrogens with zero attached hydrogens (tertiary/aromatic N) is 1.